The van der Waals surface area contributed by atoms with Crippen molar-refractivity contribution in [1.29, 1.82) is 0 Å². The zero-order valence-corrected chi connectivity index (χ0v) is 14.0. The Balaban J connectivity index is 1.87. The molecule has 0 bridgehead atoms. The minimum atomic E-state index is -3.53. The summed E-state index contributed by atoms with van der Waals surface area (Å²) in [5, 5.41) is 11.2. The van der Waals surface area contributed by atoms with Crippen LogP contribution in [0.15, 0.2) is 46.2 Å². The van der Waals surface area contributed by atoms with Gasteiger partial charge >= 0.3 is 0 Å². The van der Waals surface area contributed by atoms with Crippen LogP contribution in [0, 0.1) is 13.8 Å². The number of rotatable bonds is 7. The highest BCUT2D eigenvalue weighted by atomic mass is 32.2. The summed E-state index contributed by atoms with van der Waals surface area (Å²) in [7, 11) is -3.53. The van der Waals surface area contributed by atoms with Crippen LogP contribution in [0.5, 0.6) is 0 Å². The molecule has 5 nitrogen and oxygen atoms in total. The Morgan fingerprint density at radius 1 is 1.26 bits per heavy atom. The molecule has 0 unspecified atom stereocenters. The Morgan fingerprint density at radius 3 is 2.57 bits per heavy atom. The second-order valence-electron chi connectivity index (χ2n) is 5.33. The summed E-state index contributed by atoms with van der Waals surface area (Å²) >= 11 is 0. The van der Waals surface area contributed by atoms with Crippen LogP contribution < -0.4 is 4.72 Å². The molecule has 0 aliphatic carbocycles. The van der Waals surface area contributed by atoms with Crippen LogP contribution >= 0.6 is 0 Å². The predicted octanol–water partition coefficient (Wildman–Crippen LogP) is 2.91. The zero-order valence-electron chi connectivity index (χ0n) is 13.2. The first-order chi connectivity index (χ1) is 10.9. The van der Waals surface area contributed by atoms with E-state index in [2.05, 4.69) is 4.72 Å². The van der Waals surface area contributed by atoms with Crippen molar-refractivity contribution < 1.29 is 17.9 Å². The van der Waals surface area contributed by atoms with E-state index in [0.717, 1.165) is 16.7 Å². The second-order valence-corrected chi connectivity index (χ2v) is 6.98. The Kier molecular flexibility index (Phi) is 5.76. The molecule has 0 aliphatic heterocycles. The molecule has 0 amide bonds. The van der Waals surface area contributed by atoms with Crippen molar-refractivity contribution in [3.63, 3.8) is 0 Å². The van der Waals surface area contributed by atoms with E-state index in [1.165, 1.54) is 6.08 Å². The smallest absolute Gasteiger partial charge is 0.233 e. The Morgan fingerprint density at radius 2 is 1.96 bits per heavy atom. The summed E-state index contributed by atoms with van der Waals surface area (Å²) < 4.78 is 31.6. The molecular formula is C17H21NO4S. The molecule has 2 N–H and O–H groups in total. The first-order valence-electron chi connectivity index (χ1n) is 7.35. The number of nitrogens with one attached hydrogen (secondary N) is 1. The molecular weight excluding hydrogens is 314 g/mol. The summed E-state index contributed by atoms with van der Waals surface area (Å²) in [4.78, 5) is 0. The molecule has 6 heteroatoms. The van der Waals surface area contributed by atoms with Crippen molar-refractivity contribution in [3.05, 3.63) is 64.5 Å². The van der Waals surface area contributed by atoms with Gasteiger partial charge < -0.3 is 9.52 Å². The van der Waals surface area contributed by atoms with Crippen LogP contribution in [0.1, 0.15) is 35.2 Å². The number of sulfonamides is 1. The molecule has 0 aliphatic rings. The van der Waals surface area contributed by atoms with E-state index in [-0.39, 0.29) is 13.0 Å². The number of hydrogen-bond acceptors (Lipinski definition) is 4. The lowest BCUT2D eigenvalue weighted by molar-refractivity contribution is 0.167. The van der Waals surface area contributed by atoms with Gasteiger partial charge in [-0.15, -0.1) is 0 Å². The van der Waals surface area contributed by atoms with Gasteiger partial charge in [0.15, 0.2) is 0 Å². The molecule has 0 fully saturated rings. The van der Waals surface area contributed by atoms with Crippen molar-refractivity contribution >= 4 is 16.1 Å². The molecule has 1 heterocycles. The van der Waals surface area contributed by atoms with E-state index in [9.17, 15) is 13.5 Å². The molecule has 1 atom stereocenters. The minimum Gasteiger partial charge on any atom is -0.466 e. The fourth-order valence-electron chi connectivity index (χ4n) is 2.26. The SMILES string of the molecule is Cc1cc([C@@H](O)CCNS(=O)(=O)/C=C/c2ccccc2)c(C)o1. The molecule has 2 rings (SSSR count). The fraction of sp³-hybridized carbons (Fsp3) is 0.294. The van der Waals surface area contributed by atoms with Gasteiger partial charge in [-0.05, 0) is 38.0 Å². The van der Waals surface area contributed by atoms with E-state index in [0.29, 0.717) is 11.3 Å². The summed E-state index contributed by atoms with van der Waals surface area (Å²) in [6, 6.07) is 10.9. The average molecular weight is 335 g/mol. The highest BCUT2D eigenvalue weighted by Crippen LogP contribution is 2.23. The first-order valence-corrected chi connectivity index (χ1v) is 8.90. The van der Waals surface area contributed by atoms with E-state index in [1.54, 1.807) is 19.9 Å². The highest BCUT2D eigenvalue weighted by Gasteiger charge is 2.15. The zero-order chi connectivity index (χ0) is 16.9. The summed E-state index contributed by atoms with van der Waals surface area (Å²) in [6.07, 6.45) is 1.05. The Labute approximate surface area is 136 Å². The minimum absolute atomic E-state index is 0.145. The Hall–Kier alpha value is -1.89. The summed E-state index contributed by atoms with van der Waals surface area (Å²) in [6.45, 7) is 3.73. The van der Waals surface area contributed by atoms with E-state index in [4.69, 9.17) is 4.42 Å². The largest absolute Gasteiger partial charge is 0.466 e. The standard InChI is InChI=1S/C17H21NO4S/c1-13-12-16(14(2)22-13)17(19)8-10-18-23(20,21)11-9-15-6-4-3-5-7-15/h3-7,9,11-12,17-19H,8,10H2,1-2H3/b11-9+/t17-/m0/s1. The Bertz CT molecular complexity index is 763. The maximum Gasteiger partial charge on any atom is 0.233 e. The summed E-state index contributed by atoms with van der Waals surface area (Å²) in [5.41, 5.74) is 1.50. The van der Waals surface area contributed by atoms with Crippen molar-refractivity contribution in [1.82, 2.24) is 4.72 Å². The van der Waals surface area contributed by atoms with Gasteiger partial charge in [-0.1, -0.05) is 30.3 Å². The maximum atomic E-state index is 11.9. The highest BCUT2D eigenvalue weighted by molar-refractivity contribution is 7.92. The van der Waals surface area contributed by atoms with E-state index in [1.807, 2.05) is 30.3 Å². The third kappa shape index (κ3) is 5.35. The quantitative estimate of drug-likeness (QED) is 0.815. The number of hydrogen-bond donors (Lipinski definition) is 2. The van der Waals surface area contributed by atoms with Crippen LogP contribution in [0.3, 0.4) is 0 Å². The van der Waals surface area contributed by atoms with Crippen molar-refractivity contribution in [3.8, 4) is 0 Å². The van der Waals surface area contributed by atoms with Gasteiger partial charge in [0, 0.05) is 17.5 Å². The lowest BCUT2D eigenvalue weighted by Gasteiger charge is -2.09. The fourth-order valence-corrected chi connectivity index (χ4v) is 3.09. The first kappa shape index (κ1) is 17.5. The van der Waals surface area contributed by atoms with Crippen LogP contribution in [-0.4, -0.2) is 20.1 Å². The molecule has 0 saturated carbocycles. The predicted molar refractivity (Wildman–Crippen MR) is 90.2 cm³/mol. The third-order valence-electron chi connectivity index (χ3n) is 3.40. The molecule has 23 heavy (non-hydrogen) atoms. The number of aryl methyl sites for hydroxylation is 2. The molecule has 2 aromatic rings. The lowest BCUT2D eigenvalue weighted by Crippen LogP contribution is -2.23. The van der Waals surface area contributed by atoms with Gasteiger partial charge in [-0.2, -0.15) is 0 Å². The van der Waals surface area contributed by atoms with E-state index < -0.39 is 16.1 Å². The van der Waals surface area contributed by atoms with Crippen LogP contribution in [0.25, 0.3) is 6.08 Å². The van der Waals surface area contributed by atoms with Gasteiger partial charge in [-0.3, -0.25) is 0 Å². The van der Waals surface area contributed by atoms with Crippen molar-refractivity contribution in [2.24, 2.45) is 0 Å². The number of benzene rings is 1. The van der Waals surface area contributed by atoms with Gasteiger partial charge in [0.25, 0.3) is 0 Å². The molecule has 1 aromatic carbocycles. The van der Waals surface area contributed by atoms with Gasteiger partial charge in [0.2, 0.25) is 10.0 Å². The molecule has 1 aromatic heterocycles. The lowest BCUT2D eigenvalue weighted by atomic mass is 10.1. The van der Waals surface area contributed by atoms with Crippen LogP contribution in [0.4, 0.5) is 0 Å². The van der Waals surface area contributed by atoms with Crippen molar-refractivity contribution in [2.75, 3.05) is 6.54 Å². The number of aliphatic hydroxyl groups excluding tert-OH is 1. The van der Waals surface area contributed by atoms with Gasteiger partial charge in [-0.25, -0.2) is 13.1 Å². The second kappa shape index (κ2) is 7.59. The van der Waals surface area contributed by atoms with Crippen LogP contribution in [0.2, 0.25) is 0 Å². The third-order valence-corrected chi connectivity index (χ3v) is 4.50. The van der Waals surface area contributed by atoms with Crippen molar-refractivity contribution in [2.45, 2.75) is 26.4 Å². The number of aliphatic hydroxyl groups is 1. The summed E-state index contributed by atoms with van der Waals surface area (Å²) in [5.74, 6) is 1.38. The van der Waals surface area contributed by atoms with Gasteiger partial charge in [0.05, 0.1) is 6.10 Å². The molecule has 0 radical (unpaired) electrons. The average Bonchev–Trinajstić information content (AvgIpc) is 2.85. The topological polar surface area (TPSA) is 79.5 Å². The molecule has 0 spiro atoms. The van der Waals surface area contributed by atoms with Gasteiger partial charge in [0.1, 0.15) is 11.5 Å². The molecule has 124 valence electrons. The maximum absolute atomic E-state index is 11.9. The van der Waals surface area contributed by atoms with E-state index >= 15 is 0 Å². The normalized spacial score (nSPS) is 13.5. The monoisotopic (exact) mass is 335 g/mol. The molecule has 0 saturated heterocycles. The van der Waals surface area contributed by atoms with Crippen LogP contribution in [-0.2, 0) is 10.0 Å². The number of furan rings is 1.